The monoisotopic (exact) mass is 312 g/mol. The van der Waals surface area contributed by atoms with E-state index < -0.39 is 23.0 Å². The molecule has 18 heavy (non-hydrogen) atoms. The molecule has 0 aliphatic carbocycles. The fraction of sp³-hybridized carbons (Fsp3) is 0.0833. The van der Waals surface area contributed by atoms with Crippen molar-refractivity contribution in [2.45, 2.75) is 6.92 Å². The minimum atomic E-state index is -0.942. The Kier molecular flexibility index (Phi) is 3.47. The number of halogens is 3. The van der Waals surface area contributed by atoms with Crippen LogP contribution >= 0.6 is 15.9 Å². The van der Waals surface area contributed by atoms with E-state index in [0.717, 1.165) is 6.07 Å². The summed E-state index contributed by atoms with van der Waals surface area (Å²) in [5.74, 6) is -2.70. The van der Waals surface area contributed by atoms with E-state index in [1.807, 2.05) is 0 Å². The Bertz CT molecular complexity index is 614. The number of benzene rings is 1. The molecule has 92 valence electrons. The number of carbonyl (C=O) groups is 1. The van der Waals surface area contributed by atoms with Gasteiger partial charge in [-0.3, -0.25) is 9.78 Å². The lowest BCUT2D eigenvalue weighted by atomic mass is 10.1. The van der Waals surface area contributed by atoms with Crippen molar-refractivity contribution < 1.29 is 13.6 Å². The number of carbonyl (C=O) groups excluding carboxylic acids is 1. The molecule has 2 rings (SSSR count). The molecule has 0 bridgehead atoms. The average molecular weight is 313 g/mol. The van der Waals surface area contributed by atoms with Crippen molar-refractivity contribution in [3.63, 3.8) is 0 Å². The van der Waals surface area contributed by atoms with Crippen LogP contribution in [0.1, 0.15) is 21.7 Å². The Morgan fingerprint density at radius 3 is 2.56 bits per heavy atom. The summed E-state index contributed by atoms with van der Waals surface area (Å²) in [5.41, 5.74) is -0.124. The molecule has 2 aromatic rings. The lowest BCUT2D eigenvalue weighted by molar-refractivity contribution is 0.102. The molecule has 0 unspecified atom stereocenters. The van der Waals surface area contributed by atoms with E-state index in [2.05, 4.69) is 25.9 Å². The van der Waals surface area contributed by atoms with Crippen molar-refractivity contribution >= 4 is 21.7 Å². The van der Waals surface area contributed by atoms with Crippen molar-refractivity contribution in [1.29, 1.82) is 0 Å². The normalized spacial score (nSPS) is 10.4. The van der Waals surface area contributed by atoms with Crippen LogP contribution in [0.4, 0.5) is 8.78 Å². The highest BCUT2D eigenvalue weighted by molar-refractivity contribution is 9.10. The van der Waals surface area contributed by atoms with Crippen LogP contribution in [0.3, 0.4) is 0 Å². The maximum Gasteiger partial charge on any atom is 0.218 e. The summed E-state index contributed by atoms with van der Waals surface area (Å²) in [6.07, 6.45) is 2.55. The highest BCUT2D eigenvalue weighted by Crippen LogP contribution is 2.23. The Labute approximate surface area is 110 Å². The zero-order chi connectivity index (χ0) is 13.3. The quantitative estimate of drug-likeness (QED) is 0.632. The van der Waals surface area contributed by atoms with Gasteiger partial charge in [0.2, 0.25) is 5.78 Å². The standard InChI is InChI=1S/C12H7BrF2N2O/c1-6-4-17-9(5-16-6)12(18)10-8(14)3-2-7(13)11(10)15/h2-5H,1H3. The molecule has 0 fully saturated rings. The molecule has 0 saturated heterocycles. The van der Waals surface area contributed by atoms with Crippen molar-refractivity contribution in [1.82, 2.24) is 9.97 Å². The van der Waals surface area contributed by atoms with E-state index in [1.54, 1.807) is 6.92 Å². The predicted molar refractivity (Wildman–Crippen MR) is 64.3 cm³/mol. The largest absolute Gasteiger partial charge is 0.287 e. The van der Waals surface area contributed by atoms with E-state index in [1.165, 1.54) is 18.5 Å². The first-order chi connectivity index (χ1) is 8.50. The van der Waals surface area contributed by atoms with Crippen LogP contribution in [0.5, 0.6) is 0 Å². The molecular formula is C12H7BrF2N2O. The van der Waals surface area contributed by atoms with Gasteiger partial charge in [0.25, 0.3) is 0 Å². The maximum absolute atomic E-state index is 13.7. The third kappa shape index (κ3) is 2.28. The third-order valence-electron chi connectivity index (χ3n) is 2.28. The van der Waals surface area contributed by atoms with Gasteiger partial charge in [0.15, 0.2) is 5.82 Å². The van der Waals surface area contributed by atoms with Gasteiger partial charge in [-0.25, -0.2) is 13.8 Å². The molecular weight excluding hydrogens is 306 g/mol. The highest BCUT2D eigenvalue weighted by Gasteiger charge is 2.22. The summed E-state index contributed by atoms with van der Waals surface area (Å²) in [4.78, 5) is 19.6. The first kappa shape index (κ1) is 12.8. The number of aryl methyl sites for hydroxylation is 1. The Hall–Kier alpha value is -1.69. The van der Waals surface area contributed by atoms with Gasteiger partial charge in [-0.15, -0.1) is 0 Å². The van der Waals surface area contributed by atoms with Gasteiger partial charge in [0.1, 0.15) is 11.5 Å². The molecule has 0 spiro atoms. The van der Waals surface area contributed by atoms with Gasteiger partial charge >= 0.3 is 0 Å². The lowest BCUT2D eigenvalue weighted by Gasteiger charge is -2.05. The molecule has 3 nitrogen and oxygen atoms in total. The van der Waals surface area contributed by atoms with Crippen LogP contribution in [0, 0.1) is 18.6 Å². The van der Waals surface area contributed by atoms with Gasteiger partial charge in [0.05, 0.1) is 21.9 Å². The molecule has 0 aliphatic heterocycles. The second kappa shape index (κ2) is 4.89. The van der Waals surface area contributed by atoms with Gasteiger partial charge in [-0.2, -0.15) is 0 Å². The predicted octanol–water partition coefficient (Wildman–Crippen LogP) is 3.06. The van der Waals surface area contributed by atoms with Crippen molar-refractivity contribution in [2.75, 3.05) is 0 Å². The maximum atomic E-state index is 13.7. The minimum Gasteiger partial charge on any atom is -0.287 e. The summed E-state index contributed by atoms with van der Waals surface area (Å²) in [7, 11) is 0. The fourth-order valence-corrected chi connectivity index (χ4v) is 1.70. The van der Waals surface area contributed by atoms with E-state index in [-0.39, 0.29) is 10.2 Å². The second-order valence-corrected chi connectivity index (χ2v) is 4.44. The van der Waals surface area contributed by atoms with E-state index in [4.69, 9.17) is 0 Å². The summed E-state index contributed by atoms with van der Waals surface area (Å²) in [6, 6.07) is 2.21. The van der Waals surface area contributed by atoms with Gasteiger partial charge in [-0.05, 0) is 35.0 Å². The fourth-order valence-electron chi connectivity index (χ4n) is 1.37. The Balaban J connectivity index is 2.52. The molecule has 0 atom stereocenters. The molecule has 6 heteroatoms. The number of rotatable bonds is 2. The zero-order valence-electron chi connectivity index (χ0n) is 9.25. The highest BCUT2D eigenvalue weighted by atomic mass is 79.9. The lowest BCUT2D eigenvalue weighted by Crippen LogP contribution is -2.10. The zero-order valence-corrected chi connectivity index (χ0v) is 10.8. The Morgan fingerprint density at radius 2 is 1.94 bits per heavy atom. The number of nitrogens with zero attached hydrogens (tertiary/aromatic N) is 2. The Morgan fingerprint density at radius 1 is 1.22 bits per heavy atom. The molecule has 1 aromatic carbocycles. The van der Waals surface area contributed by atoms with Gasteiger partial charge in [0, 0.05) is 6.20 Å². The van der Waals surface area contributed by atoms with Crippen molar-refractivity contribution in [3.8, 4) is 0 Å². The summed E-state index contributed by atoms with van der Waals surface area (Å²) < 4.78 is 27.3. The average Bonchev–Trinajstić information content (AvgIpc) is 2.35. The number of hydrogen-bond acceptors (Lipinski definition) is 3. The third-order valence-corrected chi connectivity index (χ3v) is 2.90. The summed E-state index contributed by atoms with van der Waals surface area (Å²) >= 11 is 2.90. The van der Waals surface area contributed by atoms with Crippen LogP contribution in [0.15, 0.2) is 29.0 Å². The number of ketones is 1. The molecule has 0 N–H and O–H groups in total. The molecule has 0 radical (unpaired) electrons. The molecule has 0 amide bonds. The van der Waals surface area contributed by atoms with Crippen LogP contribution < -0.4 is 0 Å². The minimum absolute atomic E-state index is 0.0207. The smallest absolute Gasteiger partial charge is 0.218 e. The number of hydrogen-bond donors (Lipinski definition) is 0. The van der Waals surface area contributed by atoms with Crippen molar-refractivity contribution in [2.24, 2.45) is 0 Å². The summed E-state index contributed by atoms with van der Waals surface area (Å²) in [5, 5.41) is 0. The molecule has 0 aliphatic rings. The van der Waals surface area contributed by atoms with Gasteiger partial charge in [-0.1, -0.05) is 0 Å². The molecule has 1 heterocycles. The number of aromatic nitrogens is 2. The van der Waals surface area contributed by atoms with Crippen molar-refractivity contribution in [3.05, 3.63) is 57.6 Å². The summed E-state index contributed by atoms with van der Waals surface area (Å²) in [6.45, 7) is 1.70. The van der Waals surface area contributed by atoms with E-state index in [9.17, 15) is 13.6 Å². The second-order valence-electron chi connectivity index (χ2n) is 3.59. The first-order valence-corrected chi connectivity index (χ1v) is 5.77. The van der Waals surface area contributed by atoms with Crippen LogP contribution in [-0.2, 0) is 0 Å². The van der Waals surface area contributed by atoms with Gasteiger partial charge < -0.3 is 0 Å². The molecule has 1 aromatic heterocycles. The SMILES string of the molecule is Cc1cnc(C(=O)c2c(F)ccc(Br)c2F)cn1. The van der Waals surface area contributed by atoms with Crippen LogP contribution in [0.2, 0.25) is 0 Å². The molecule has 0 saturated carbocycles. The van der Waals surface area contributed by atoms with E-state index >= 15 is 0 Å². The van der Waals surface area contributed by atoms with Crippen LogP contribution in [-0.4, -0.2) is 15.8 Å². The van der Waals surface area contributed by atoms with Crippen LogP contribution in [0.25, 0.3) is 0 Å². The van der Waals surface area contributed by atoms with E-state index in [0.29, 0.717) is 5.69 Å². The topological polar surface area (TPSA) is 42.9 Å². The first-order valence-electron chi connectivity index (χ1n) is 4.97.